The molecule has 2 aliphatic heterocycles. The molecule has 0 aromatic heterocycles. The van der Waals surface area contributed by atoms with Gasteiger partial charge in [-0.05, 0) is 43.8 Å². The first-order valence-corrected chi connectivity index (χ1v) is 5.52. The van der Waals surface area contributed by atoms with Crippen molar-refractivity contribution in [2.75, 3.05) is 25.5 Å². The van der Waals surface area contributed by atoms with Gasteiger partial charge in [-0.2, -0.15) is 0 Å². The molecule has 2 heterocycles. The van der Waals surface area contributed by atoms with Crippen LogP contribution in [0.3, 0.4) is 0 Å². The number of phenolic OH excluding ortho intramolecular Hbond substituents is 1. The van der Waals surface area contributed by atoms with E-state index in [2.05, 4.69) is 17.3 Å². The number of anilines is 1. The van der Waals surface area contributed by atoms with Crippen molar-refractivity contribution < 1.29 is 5.11 Å². The second-order valence-electron chi connectivity index (χ2n) is 4.68. The van der Waals surface area contributed by atoms with Crippen molar-refractivity contribution in [2.24, 2.45) is 0 Å². The Bertz CT molecular complexity index is 391. The van der Waals surface area contributed by atoms with Crippen molar-refractivity contribution >= 4 is 5.69 Å². The molecule has 2 unspecified atom stereocenters. The summed E-state index contributed by atoms with van der Waals surface area (Å²) in [5, 5.41) is 13.0. The first kappa shape index (κ1) is 9.04. The molecule has 3 nitrogen and oxygen atoms in total. The van der Waals surface area contributed by atoms with E-state index in [9.17, 15) is 5.11 Å². The molecule has 3 rings (SSSR count). The Labute approximate surface area is 89.7 Å². The van der Waals surface area contributed by atoms with Gasteiger partial charge in [0.2, 0.25) is 0 Å². The predicted molar refractivity (Wildman–Crippen MR) is 60.4 cm³/mol. The van der Waals surface area contributed by atoms with Gasteiger partial charge in [0.1, 0.15) is 5.75 Å². The summed E-state index contributed by atoms with van der Waals surface area (Å²) in [5.41, 5.74) is 2.51. The summed E-state index contributed by atoms with van der Waals surface area (Å²) in [6.45, 7) is 2.25. The van der Waals surface area contributed by atoms with Crippen molar-refractivity contribution in [1.29, 1.82) is 0 Å². The number of nitrogens with one attached hydrogen (secondary N) is 1. The second-order valence-corrected chi connectivity index (χ2v) is 4.68. The lowest BCUT2D eigenvalue weighted by molar-refractivity contribution is 0.244. The summed E-state index contributed by atoms with van der Waals surface area (Å²) in [7, 11) is 2.17. The first-order valence-electron chi connectivity index (χ1n) is 5.52. The summed E-state index contributed by atoms with van der Waals surface area (Å²) in [6.07, 6.45) is 1.19. The number of fused-ring (bicyclic) bond motifs is 3. The maximum absolute atomic E-state index is 9.50. The summed E-state index contributed by atoms with van der Waals surface area (Å²) >= 11 is 0. The number of hydrogen-bond acceptors (Lipinski definition) is 3. The van der Waals surface area contributed by atoms with E-state index in [1.165, 1.54) is 17.7 Å². The van der Waals surface area contributed by atoms with E-state index < -0.39 is 0 Å². The molecule has 1 aromatic carbocycles. The first-order chi connectivity index (χ1) is 7.24. The lowest BCUT2D eigenvalue weighted by Crippen LogP contribution is -2.41. The third-order valence-electron chi connectivity index (χ3n) is 3.59. The lowest BCUT2D eigenvalue weighted by Gasteiger charge is -2.32. The van der Waals surface area contributed by atoms with E-state index in [4.69, 9.17) is 0 Å². The Morgan fingerprint density at radius 1 is 1.47 bits per heavy atom. The van der Waals surface area contributed by atoms with E-state index in [0.29, 0.717) is 17.7 Å². The fourth-order valence-electron chi connectivity index (χ4n) is 2.82. The minimum absolute atomic E-state index is 0.384. The van der Waals surface area contributed by atoms with Gasteiger partial charge >= 0.3 is 0 Å². The maximum atomic E-state index is 9.50. The highest BCUT2D eigenvalue weighted by molar-refractivity contribution is 5.61. The molecule has 2 atom stereocenters. The van der Waals surface area contributed by atoms with Crippen LogP contribution in [0.1, 0.15) is 17.9 Å². The normalized spacial score (nSPS) is 29.4. The number of phenols is 1. The summed E-state index contributed by atoms with van der Waals surface area (Å²) < 4.78 is 0. The topological polar surface area (TPSA) is 35.5 Å². The molecular weight excluding hydrogens is 188 g/mol. The molecule has 80 valence electrons. The Morgan fingerprint density at radius 3 is 3.20 bits per heavy atom. The fraction of sp³-hybridized carbons (Fsp3) is 0.500. The van der Waals surface area contributed by atoms with Crippen LogP contribution in [0.5, 0.6) is 5.75 Å². The van der Waals surface area contributed by atoms with Crippen molar-refractivity contribution in [3.8, 4) is 5.75 Å². The molecule has 0 amide bonds. The van der Waals surface area contributed by atoms with Gasteiger partial charge in [-0.25, -0.2) is 0 Å². The summed E-state index contributed by atoms with van der Waals surface area (Å²) in [6, 6.07) is 6.19. The predicted octanol–water partition coefficient (Wildman–Crippen LogP) is 1.61. The van der Waals surface area contributed by atoms with Crippen LogP contribution < -0.4 is 5.32 Å². The second kappa shape index (κ2) is 3.14. The molecule has 0 radical (unpaired) electrons. The largest absolute Gasteiger partial charge is 0.508 e. The molecule has 1 aromatic rings. The minimum Gasteiger partial charge on any atom is -0.508 e. The molecule has 0 bridgehead atoms. The van der Waals surface area contributed by atoms with Crippen LogP contribution in [-0.2, 0) is 0 Å². The van der Waals surface area contributed by atoms with E-state index in [1.54, 1.807) is 6.07 Å². The van der Waals surface area contributed by atoms with Crippen LogP contribution >= 0.6 is 0 Å². The zero-order valence-corrected chi connectivity index (χ0v) is 8.90. The third-order valence-corrected chi connectivity index (χ3v) is 3.59. The Morgan fingerprint density at radius 2 is 2.33 bits per heavy atom. The van der Waals surface area contributed by atoms with Crippen molar-refractivity contribution in [2.45, 2.75) is 18.4 Å². The Balaban J connectivity index is 1.96. The van der Waals surface area contributed by atoms with Gasteiger partial charge in [-0.15, -0.1) is 0 Å². The molecular formula is C12H16N2O. The molecule has 1 fully saturated rings. The average Bonchev–Trinajstić information content (AvgIpc) is 2.54. The molecule has 1 saturated heterocycles. The standard InChI is InChI=1S/C12H16N2O/c1-14-5-4-9-10-6-8(15)2-3-11(10)13-12(9)7-14/h2-3,6,9,12-13,15H,4-5,7H2,1H3. The van der Waals surface area contributed by atoms with Gasteiger partial charge in [0.15, 0.2) is 0 Å². The van der Waals surface area contributed by atoms with Crippen LogP contribution in [-0.4, -0.2) is 36.2 Å². The van der Waals surface area contributed by atoms with E-state index >= 15 is 0 Å². The number of piperidine rings is 1. The molecule has 0 spiro atoms. The number of nitrogens with zero attached hydrogens (tertiary/aromatic N) is 1. The molecule has 0 saturated carbocycles. The molecule has 2 aliphatic rings. The van der Waals surface area contributed by atoms with Gasteiger partial charge in [-0.1, -0.05) is 0 Å². The Hall–Kier alpha value is -1.22. The number of likely N-dealkylation sites (N-methyl/N-ethyl adjacent to an activating group) is 1. The highest BCUT2D eigenvalue weighted by Gasteiger charge is 2.35. The maximum Gasteiger partial charge on any atom is 0.116 e. The zero-order chi connectivity index (χ0) is 10.4. The van der Waals surface area contributed by atoms with E-state index in [-0.39, 0.29) is 0 Å². The van der Waals surface area contributed by atoms with Crippen LogP contribution in [0.15, 0.2) is 18.2 Å². The SMILES string of the molecule is CN1CCC2c3cc(O)ccc3NC2C1. The summed E-state index contributed by atoms with van der Waals surface area (Å²) in [5.74, 6) is 0.971. The highest BCUT2D eigenvalue weighted by atomic mass is 16.3. The average molecular weight is 204 g/mol. The van der Waals surface area contributed by atoms with Crippen LogP contribution in [0.4, 0.5) is 5.69 Å². The van der Waals surface area contributed by atoms with Gasteiger partial charge in [0.25, 0.3) is 0 Å². The number of likely N-dealkylation sites (tertiary alicyclic amines) is 1. The van der Waals surface area contributed by atoms with Crippen molar-refractivity contribution in [1.82, 2.24) is 4.90 Å². The van der Waals surface area contributed by atoms with Gasteiger partial charge in [0.05, 0.1) is 0 Å². The number of benzene rings is 1. The summed E-state index contributed by atoms with van der Waals surface area (Å²) in [4.78, 5) is 2.36. The monoisotopic (exact) mass is 204 g/mol. The van der Waals surface area contributed by atoms with Gasteiger partial charge < -0.3 is 15.3 Å². The quantitative estimate of drug-likeness (QED) is 0.630. The van der Waals surface area contributed by atoms with Crippen LogP contribution in [0.25, 0.3) is 0 Å². The highest BCUT2D eigenvalue weighted by Crippen LogP contribution is 2.41. The fourth-order valence-corrected chi connectivity index (χ4v) is 2.82. The van der Waals surface area contributed by atoms with Crippen molar-refractivity contribution in [3.63, 3.8) is 0 Å². The number of rotatable bonds is 0. The number of hydrogen-bond donors (Lipinski definition) is 2. The van der Waals surface area contributed by atoms with E-state index in [0.717, 1.165) is 13.1 Å². The Kier molecular flexibility index (Phi) is 1.89. The molecule has 3 heteroatoms. The van der Waals surface area contributed by atoms with Crippen LogP contribution in [0, 0.1) is 0 Å². The number of aromatic hydroxyl groups is 1. The molecule has 2 N–H and O–H groups in total. The van der Waals surface area contributed by atoms with Crippen LogP contribution in [0.2, 0.25) is 0 Å². The third kappa shape index (κ3) is 1.38. The lowest BCUT2D eigenvalue weighted by atomic mass is 9.88. The minimum atomic E-state index is 0.384. The smallest absolute Gasteiger partial charge is 0.116 e. The van der Waals surface area contributed by atoms with E-state index in [1.807, 2.05) is 12.1 Å². The van der Waals surface area contributed by atoms with Crippen molar-refractivity contribution in [3.05, 3.63) is 23.8 Å². The molecule has 15 heavy (non-hydrogen) atoms. The van der Waals surface area contributed by atoms with Gasteiger partial charge in [-0.3, -0.25) is 0 Å². The zero-order valence-electron chi connectivity index (χ0n) is 8.90. The van der Waals surface area contributed by atoms with Gasteiger partial charge in [0, 0.05) is 24.2 Å². The molecule has 0 aliphatic carbocycles.